The van der Waals surface area contributed by atoms with Crippen LogP contribution in [-0.2, 0) is 0 Å². The molecule has 0 aromatic heterocycles. The maximum atomic E-state index is 10.2. The highest BCUT2D eigenvalue weighted by atomic mass is 16.3. The Balaban J connectivity index is 1.98. The lowest BCUT2D eigenvalue weighted by molar-refractivity contribution is 0.230. The van der Waals surface area contributed by atoms with Crippen LogP contribution in [0, 0.1) is 0 Å². The van der Waals surface area contributed by atoms with Gasteiger partial charge in [0.2, 0.25) is 0 Å². The highest BCUT2D eigenvalue weighted by Gasteiger charge is 2.24. The van der Waals surface area contributed by atoms with E-state index in [9.17, 15) is 10.2 Å². The third-order valence-corrected chi connectivity index (χ3v) is 4.08. The molecular formula is C18H14O2. The van der Waals surface area contributed by atoms with Crippen LogP contribution < -0.4 is 0 Å². The summed E-state index contributed by atoms with van der Waals surface area (Å²) in [6.45, 7) is 0. The van der Waals surface area contributed by atoms with Crippen molar-refractivity contribution in [3.05, 3.63) is 70.8 Å². The van der Waals surface area contributed by atoms with Crippen molar-refractivity contribution in [1.29, 1.82) is 0 Å². The van der Waals surface area contributed by atoms with E-state index in [1.54, 1.807) is 12.2 Å². The van der Waals surface area contributed by atoms with Crippen LogP contribution >= 0.6 is 0 Å². The summed E-state index contributed by atoms with van der Waals surface area (Å²) in [5.41, 5.74) is 5.96. The van der Waals surface area contributed by atoms with Gasteiger partial charge in [-0.2, -0.15) is 0 Å². The second-order valence-electron chi connectivity index (χ2n) is 5.22. The first-order valence-electron chi connectivity index (χ1n) is 6.74. The lowest BCUT2D eigenvalue weighted by Gasteiger charge is -2.17. The van der Waals surface area contributed by atoms with E-state index < -0.39 is 12.2 Å². The summed E-state index contributed by atoms with van der Waals surface area (Å²) < 4.78 is 0. The molecule has 0 heterocycles. The van der Waals surface area contributed by atoms with Crippen molar-refractivity contribution < 1.29 is 10.2 Å². The van der Waals surface area contributed by atoms with Gasteiger partial charge in [0.15, 0.2) is 0 Å². The van der Waals surface area contributed by atoms with Crippen LogP contribution in [0.1, 0.15) is 34.5 Å². The number of aliphatic hydroxyl groups is 2. The van der Waals surface area contributed by atoms with Gasteiger partial charge in [-0.05, 0) is 33.4 Å². The summed E-state index contributed by atoms with van der Waals surface area (Å²) in [4.78, 5) is 0. The van der Waals surface area contributed by atoms with Gasteiger partial charge in [-0.1, -0.05) is 60.7 Å². The minimum atomic E-state index is -0.566. The third-order valence-electron chi connectivity index (χ3n) is 4.08. The topological polar surface area (TPSA) is 40.5 Å². The van der Waals surface area contributed by atoms with E-state index in [1.807, 2.05) is 48.6 Å². The van der Waals surface area contributed by atoms with Gasteiger partial charge in [-0.3, -0.25) is 0 Å². The zero-order valence-corrected chi connectivity index (χ0v) is 10.8. The fraction of sp³-hybridized carbons (Fsp3) is 0.111. The summed E-state index contributed by atoms with van der Waals surface area (Å²) in [6.07, 6.45) is 6.35. The molecule has 2 unspecified atom stereocenters. The van der Waals surface area contributed by atoms with Gasteiger partial charge in [0.05, 0.1) is 12.2 Å². The average molecular weight is 262 g/mol. The predicted octanol–water partition coefficient (Wildman–Crippen LogP) is 3.47. The van der Waals surface area contributed by atoms with E-state index >= 15 is 0 Å². The van der Waals surface area contributed by atoms with Crippen LogP contribution in [0.5, 0.6) is 0 Å². The molecule has 2 atom stereocenters. The summed E-state index contributed by atoms with van der Waals surface area (Å²) in [5, 5.41) is 20.3. The second kappa shape index (κ2) is 4.17. The number of benzene rings is 2. The maximum Gasteiger partial charge on any atom is 0.0986 e. The van der Waals surface area contributed by atoms with E-state index in [4.69, 9.17) is 0 Å². The molecule has 98 valence electrons. The van der Waals surface area contributed by atoms with Crippen molar-refractivity contribution >= 4 is 12.2 Å². The Bertz CT molecular complexity index is 691. The van der Waals surface area contributed by atoms with E-state index in [1.165, 1.54) is 0 Å². The van der Waals surface area contributed by atoms with E-state index in [0.29, 0.717) is 0 Å². The molecule has 0 aliphatic heterocycles. The van der Waals surface area contributed by atoms with Crippen molar-refractivity contribution in [3.8, 4) is 11.1 Å². The molecule has 4 rings (SSSR count). The predicted molar refractivity (Wildman–Crippen MR) is 79.9 cm³/mol. The summed E-state index contributed by atoms with van der Waals surface area (Å²) in [6, 6.07) is 12.0. The molecule has 0 spiro atoms. The lowest BCUT2D eigenvalue weighted by Crippen LogP contribution is -2.00. The van der Waals surface area contributed by atoms with Gasteiger partial charge >= 0.3 is 0 Å². The third kappa shape index (κ3) is 1.52. The van der Waals surface area contributed by atoms with E-state index in [2.05, 4.69) is 0 Å². The van der Waals surface area contributed by atoms with Crippen molar-refractivity contribution in [3.63, 3.8) is 0 Å². The molecule has 2 heteroatoms. The number of aliphatic hydroxyl groups excluding tert-OH is 2. The molecule has 2 N–H and O–H groups in total. The molecule has 2 nitrogen and oxygen atoms in total. The van der Waals surface area contributed by atoms with E-state index in [0.717, 1.165) is 33.4 Å². The van der Waals surface area contributed by atoms with Gasteiger partial charge in [0, 0.05) is 0 Å². The molecule has 2 aliphatic carbocycles. The van der Waals surface area contributed by atoms with Crippen LogP contribution in [0.25, 0.3) is 23.3 Å². The van der Waals surface area contributed by atoms with Crippen LogP contribution in [-0.4, -0.2) is 10.2 Å². The highest BCUT2D eigenvalue weighted by molar-refractivity contribution is 5.82. The van der Waals surface area contributed by atoms with Gasteiger partial charge in [0.25, 0.3) is 0 Å². The average Bonchev–Trinajstić information content (AvgIpc) is 3.03. The Morgan fingerprint density at radius 2 is 1.10 bits per heavy atom. The van der Waals surface area contributed by atoms with Crippen molar-refractivity contribution in [2.24, 2.45) is 0 Å². The number of hydrogen-bond donors (Lipinski definition) is 2. The molecule has 0 saturated carbocycles. The molecule has 0 radical (unpaired) electrons. The second-order valence-corrected chi connectivity index (χ2v) is 5.22. The Kier molecular flexibility index (Phi) is 2.43. The summed E-state index contributed by atoms with van der Waals surface area (Å²) >= 11 is 0. The standard InChI is InChI=1S/C18H14O2/c19-15-9-7-11-3-1-5-13(17(11)15)14-6-2-4-12-8-10-16(20)18(12)14/h1-10,15-16,19-20H. The molecule has 2 aromatic carbocycles. The zero-order valence-electron chi connectivity index (χ0n) is 10.8. The van der Waals surface area contributed by atoms with Crippen molar-refractivity contribution in [1.82, 2.24) is 0 Å². The minimum absolute atomic E-state index is 0.566. The van der Waals surface area contributed by atoms with Gasteiger partial charge < -0.3 is 10.2 Å². The maximum absolute atomic E-state index is 10.2. The highest BCUT2D eigenvalue weighted by Crippen LogP contribution is 2.42. The molecule has 0 bridgehead atoms. The summed E-state index contributed by atoms with van der Waals surface area (Å²) in [5.74, 6) is 0. The molecule has 0 saturated heterocycles. The molecular weight excluding hydrogens is 248 g/mol. The SMILES string of the molecule is OC1C=Cc2cccc(-c3cccc4c3C(O)C=C4)c21. The first-order valence-corrected chi connectivity index (χ1v) is 6.74. The lowest BCUT2D eigenvalue weighted by atomic mass is 9.90. The van der Waals surface area contributed by atoms with Crippen molar-refractivity contribution in [2.45, 2.75) is 12.2 Å². The number of hydrogen-bond acceptors (Lipinski definition) is 2. The fourth-order valence-electron chi connectivity index (χ4n) is 3.17. The smallest absolute Gasteiger partial charge is 0.0986 e. The largest absolute Gasteiger partial charge is 0.384 e. The first-order chi connectivity index (χ1) is 9.75. The quantitative estimate of drug-likeness (QED) is 0.826. The Hall–Kier alpha value is -2.16. The van der Waals surface area contributed by atoms with E-state index in [-0.39, 0.29) is 0 Å². The Labute approximate surface area is 117 Å². The van der Waals surface area contributed by atoms with Crippen LogP contribution in [0.15, 0.2) is 48.6 Å². The van der Waals surface area contributed by atoms with Crippen LogP contribution in [0.3, 0.4) is 0 Å². The van der Waals surface area contributed by atoms with Gasteiger partial charge in [-0.25, -0.2) is 0 Å². The fourth-order valence-corrected chi connectivity index (χ4v) is 3.17. The Morgan fingerprint density at radius 3 is 1.55 bits per heavy atom. The Morgan fingerprint density at radius 1 is 0.650 bits per heavy atom. The first kappa shape index (κ1) is 11.6. The van der Waals surface area contributed by atoms with Crippen molar-refractivity contribution in [2.75, 3.05) is 0 Å². The molecule has 0 fully saturated rings. The van der Waals surface area contributed by atoms with Gasteiger partial charge in [0.1, 0.15) is 0 Å². The monoisotopic (exact) mass is 262 g/mol. The number of rotatable bonds is 1. The zero-order chi connectivity index (χ0) is 13.7. The molecule has 20 heavy (non-hydrogen) atoms. The normalized spacial score (nSPS) is 22.1. The summed E-state index contributed by atoms with van der Waals surface area (Å²) in [7, 11) is 0. The molecule has 2 aliphatic rings. The van der Waals surface area contributed by atoms with Crippen LogP contribution in [0.4, 0.5) is 0 Å². The minimum Gasteiger partial charge on any atom is -0.384 e. The number of fused-ring (bicyclic) bond motifs is 2. The molecule has 2 aromatic rings. The van der Waals surface area contributed by atoms with Gasteiger partial charge in [-0.15, -0.1) is 0 Å². The van der Waals surface area contributed by atoms with Crippen LogP contribution in [0.2, 0.25) is 0 Å². The molecule has 0 amide bonds.